The zero-order chi connectivity index (χ0) is 15.9. The number of pyridine rings is 1. The molecule has 1 amide bonds. The second kappa shape index (κ2) is 5.39. The number of hydrogen-bond donors (Lipinski definition) is 0. The first-order valence-electron chi connectivity index (χ1n) is 7.39. The van der Waals surface area contributed by atoms with Gasteiger partial charge in [-0.15, -0.1) is 11.3 Å². The van der Waals surface area contributed by atoms with E-state index in [0.29, 0.717) is 6.54 Å². The second-order valence-electron chi connectivity index (χ2n) is 6.47. The van der Waals surface area contributed by atoms with Crippen molar-refractivity contribution in [2.75, 3.05) is 6.54 Å². The van der Waals surface area contributed by atoms with E-state index in [2.05, 4.69) is 22.5 Å². The smallest absolute Gasteiger partial charge is 0.411 e. The topological polar surface area (TPSA) is 42.4 Å². The molecular weight excluding hydrogens is 296 g/mol. The van der Waals surface area contributed by atoms with Crippen molar-refractivity contribution in [3.63, 3.8) is 0 Å². The first-order valence-corrected chi connectivity index (χ1v) is 8.27. The largest absolute Gasteiger partial charge is 0.444 e. The van der Waals surface area contributed by atoms with Gasteiger partial charge in [-0.3, -0.25) is 4.90 Å². The third-order valence-electron chi connectivity index (χ3n) is 3.71. The van der Waals surface area contributed by atoms with Crippen LogP contribution in [-0.2, 0) is 4.74 Å². The fourth-order valence-corrected chi connectivity index (χ4v) is 3.59. The van der Waals surface area contributed by atoms with Crippen molar-refractivity contribution in [1.82, 2.24) is 9.88 Å². The van der Waals surface area contributed by atoms with E-state index in [1.165, 1.54) is 11.1 Å². The number of carbonyl (C=O) groups is 1. The van der Waals surface area contributed by atoms with E-state index in [4.69, 9.17) is 4.74 Å². The molecule has 3 heterocycles. The Kier molecular flexibility index (Phi) is 3.68. The summed E-state index contributed by atoms with van der Waals surface area (Å²) in [6, 6.07) is 4.04. The molecule has 0 spiro atoms. The summed E-state index contributed by atoms with van der Waals surface area (Å²) in [4.78, 5) is 19.5. The Morgan fingerprint density at radius 1 is 1.45 bits per heavy atom. The molecule has 1 aliphatic rings. The maximum absolute atomic E-state index is 12.3. The second-order valence-corrected chi connectivity index (χ2v) is 7.33. The van der Waals surface area contributed by atoms with Crippen LogP contribution in [-0.4, -0.2) is 34.2 Å². The van der Waals surface area contributed by atoms with Gasteiger partial charge in [0.05, 0.1) is 6.04 Å². The lowest BCUT2D eigenvalue weighted by Crippen LogP contribution is -2.39. The number of fused-ring (bicyclic) bond motifs is 1. The van der Waals surface area contributed by atoms with E-state index in [9.17, 15) is 4.79 Å². The van der Waals surface area contributed by atoms with Gasteiger partial charge < -0.3 is 4.74 Å². The average Bonchev–Trinajstić information content (AvgIpc) is 3.00. The van der Waals surface area contributed by atoms with Crippen molar-refractivity contribution >= 4 is 33.2 Å². The minimum Gasteiger partial charge on any atom is -0.444 e. The molecule has 0 radical (unpaired) electrons. The zero-order valence-corrected chi connectivity index (χ0v) is 14.1. The molecule has 0 saturated carbocycles. The fraction of sp³-hybridized carbons (Fsp3) is 0.412. The maximum Gasteiger partial charge on any atom is 0.411 e. The predicted molar refractivity (Wildman–Crippen MR) is 90.0 cm³/mol. The van der Waals surface area contributed by atoms with Crippen molar-refractivity contribution in [3.05, 3.63) is 35.3 Å². The standard InChI is InChI=1S/C17H20N2O2S/c1-11-12(7-9-19(11)16(20)21-17(2,3)4)14-10-22-15-13(14)6-5-8-18-15/h5-8,10-11H,9H2,1-4H3. The Morgan fingerprint density at radius 2 is 2.23 bits per heavy atom. The van der Waals surface area contributed by atoms with Crippen LogP contribution in [0.5, 0.6) is 0 Å². The summed E-state index contributed by atoms with van der Waals surface area (Å²) >= 11 is 1.64. The number of thiophene rings is 1. The molecule has 0 N–H and O–H groups in total. The van der Waals surface area contributed by atoms with Gasteiger partial charge in [0.15, 0.2) is 0 Å². The number of ether oxygens (including phenoxy) is 1. The molecule has 0 saturated heterocycles. The van der Waals surface area contributed by atoms with Crippen LogP contribution in [0.1, 0.15) is 33.3 Å². The zero-order valence-electron chi connectivity index (χ0n) is 13.3. The van der Waals surface area contributed by atoms with E-state index in [0.717, 1.165) is 10.2 Å². The molecule has 1 atom stereocenters. The lowest BCUT2D eigenvalue weighted by atomic mass is 10.0. The Morgan fingerprint density at radius 3 is 2.95 bits per heavy atom. The molecule has 0 fully saturated rings. The Balaban J connectivity index is 1.84. The summed E-state index contributed by atoms with van der Waals surface area (Å²) in [7, 11) is 0. The number of amides is 1. The molecule has 4 nitrogen and oxygen atoms in total. The molecule has 2 aromatic rings. The van der Waals surface area contributed by atoms with Gasteiger partial charge >= 0.3 is 6.09 Å². The molecule has 3 rings (SSSR count). The summed E-state index contributed by atoms with van der Waals surface area (Å²) in [5.74, 6) is 0. The minimum atomic E-state index is -0.474. The van der Waals surface area contributed by atoms with Gasteiger partial charge in [-0.1, -0.05) is 6.08 Å². The summed E-state index contributed by atoms with van der Waals surface area (Å²) < 4.78 is 5.49. The van der Waals surface area contributed by atoms with Crippen LogP contribution >= 0.6 is 11.3 Å². The van der Waals surface area contributed by atoms with E-state index >= 15 is 0 Å². The molecule has 5 heteroatoms. The van der Waals surface area contributed by atoms with Gasteiger partial charge in [-0.2, -0.15) is 0 Å². The number of carbonyl (C=O) groups excluding carboxylic acids is 1. The van der Waals surface area contributed by atoms with Crippen LogP contribution in [0.25, 0.3) is 15.8 Å². The highest BCUT2D eigenvalue weighted by atomic mass is 32.1. The molecule has 1 aliphatic heterocycles. The number of nitrogens with zero attached hydrogens (tertiary/aromatic N) is 2. The summed E-state index contributed by atoms with van der Waals surface area (Å²) in [5, 5.41) is 3.27. The minimum absolute atomic E-state index is 0.00727. The highest BCUT2D eigenvalue weighted by Crippen LogP contribution is 2.35. The van der Waals surface area contributed by atoms with Crippen molar-refractivity contribution in [2.45, 2.75) is 39.3 Å². The lowest BCUT2D eigenvalue weighted by Gasteiger charge is -2.28. The Labute approximate surface area is 134 Å². The van der Waals surface area contributed by atoms with Crippen LogP contribution in [0.2, 0.25) is 0 Å². The first-order chi connectivity index (χ1) is 10.4. The van der Waals surface area contributed by atoms with Gasteiger partial charge in [0, 0.05) is 23.5 Å². The maximum atomic E-state index is 12.3. The summed E-state index contributed by atoms with van der Waals surface area (Å²) in [6.45, 7) is 8.29. The van der Waals surface area contributed by atoms with Gasteiger partial charge in [0.2, 0.25) is 0 Å². The van der Waals surface area contributed by atoms with Gasteiger partial charge in [-0.25, -0.2) is 9.78 Å². The molecule has 0 aliphatic carbocycles. The lowest BCUT2D eigenvalue weighted by molar-refractivity contribution is 0.0257. The van der Waals surface area contributed by atoms with Crippen molar-refractivity contribution < 1.29 is 9.53 Å². The van der Waals surface area contributed by atoms with Crippen LogP contribution in [0.15, 0.2) is 29.8 Å². The third-order valence-corrected chi connectivity index (χ3v) is 4.62. The van der Waals surface area contributed by atoms with Crippen LogP contribution in [0, 0.1) is 0 Å². The quantitative estimate of drug-likeness (QED) is 0.787. The number of hydrogen-bond acceptors (Lipinski definition) is 4. The van der Waals surface area contributed by atoms with E-state index < -0.39 is 5.60 Å². The highest BCUT2D eigenvalue weighted by molar-refractivity contribution is 7.17. The number of rotatable bonds is 1. The van der Waals surface area contributed by atoms with Crippen LogP contribution < -0.4 is 0 Å². The van der Waals surface area contributed by atoms with Gasteiger partial charge in [-0.05, 0) is 51.0 Å². The van der Waals surface area contributed by atoms with Gasteiger partial charge in [0.1, 0.15) is 10.4 Å². The molecule has 2 aromatic heterocycles. The highest BCUT2D eigenvalue weighted by Gasteiger charge is 2.32. The van der Waals surface area contributed by atoms with Crippen molar-refractivity contribution in [2.24, 2.45) is 0 Å². The normalized spacial score (nSPS) is 18.6. The molecular formula is C17H20N2O2S. The monoisotopic (exact) mass is 316 g/mol. The Bertz CT molecular complexity index is 742. The van der Waals surface area contributed by atoms with E-state index in [1.54, 1.807) is 16.2 Å². The average molecular weight is 316 g/mol. The molecule has 1 unspecified atom stereocenters. The summed E-state index contributed by atoms with van der Waals surface area (Å²) in [6.07, 6.45) is 3.66. The third kappa shape index (κ3) is 2.73. The molecule has 0 bridgehead atoms. The predicted octanol–water partition coefficient (Wildman–Crippen LogP) is 4.32. The SMILES string of the molecule is CC1C(c2csc3ncccc23)=CCN1C(=O)OC(C)(C)C. The number of aromatic nitrogens is 1. The van der Waals surface area contributed by atoms with Crippen LogP contribution in [0.3, 0.4) is 0 Å². The summed E-state index contributed by atoms with van der Waals surface area (Å²) in [5.41, 5.74) is 1.87. The van der Waals surface area contributed by atoms with Gasteiger partial charge in [0.25, 0.3) is 0 Å². The van der Waals surface area contributed by atoms with E-state index in [1.807, 2.05) is 40.0 Å². The van der Waals surface area contributed by atoms with Crippen molar-refractivity contribution in [1.29, 1.82) is 0 Å². The van der Waals surface area contributed by atoms with E-state index in [-0.39, 0.29) is 12.1 Å². The first kappa shape index (κ1) is 15.0. The van der Waals surface area contributed by atoms with Crippen LogP contribution in [0.4, 0.5) is 4.79 Å². The molecule has 116 valence electrons. The van der Waals surface area contributed by atoms with Crippen molar-refractivity contribution in [3.8, 4) is 0 Å². The molecule has 0 aromatic carbocycles. The Hall–Kier alpha value is -1.88. The molecule has 22 heavy (non-hydrogen) atoms. The fourth-order valence-electron chi connectivity index (χ4n) is 2.67.